The topological polar surface area (TPSA) is 145 Å². The van der Waals surface area contributed by atoms with Crippen molar-refractivity contribution in [3.8, 4) is 0 Å². The third-order valence-electron chi connectivity index (χ3n) is 3.23. The number of anilines is 1. The molecule has 0 spiro atoms. The number of aliphatic hydroxyl groups is 4. The van der Waals surface area contributed by atoms with E-state index < -0.39 is 42.2 Å². The van der Waals surface area contributed by atoms with E-state index in [0.29, 0.717) is 5.69 Å². The fraction of sp³-hybridized carbons (Fsp3) is 0.500. The maximum Gasteiger partial charge on any atom is 0.271 e. The van der Waals surface area contributed by atoms with Gasteiger partial charge in [0.2, 0.25) is 0 Å². The van der Waals surface area contributed by atoms with Crippen molar-refractivity contribution in [2.75, 3.05) is 11.9 Å². The largest absolute Gasteiger partial charge is 0.394 e. The molecule has 5 N–H and O–H groups in total. The molecule has 9 heteroatoms. The molecule has 116 valence electrons. The molecule has 0 saturated carbocycles. The van der Waals surface area contributed by atoms with Crippen molar-refractivity contribution in [1.82, 2.24) is 0 Å². The summed E-state index contributed by atoms with van der Waals surface area (Å²) in [6, 6.07) is 5.55. The third kappa shape index (κ3) is 3.28. The number of nitro benzene ring substituents is 1. The maximum atomic E-state index is 10.7. The molecular weight excluding hydrogens is 284 g/mol. The molecule has 1 fully saturated rings. The minimum absolute atomic E-state index is 0.139. The molecule has 0 bridgehead atoms. The zero-order chi connectivity index (χ0) is 15.6. The summed E-state index contributed by atoms with van der Waals surface area (Å²) in [7, 11) is 0. The highest BCUT2D eigenvalue weighted by molar-refractivity contribution is 5.51. The van der Waals surface area contributed by atoms with Gasteiger partial charge in [-0.1, -0.05) is 6.07 Å². The molecule has 1 aliphatic rings. The van der Waals surface area contributed by atoms with Gasteiger partial charge in [0.1, 0.15) is 24.4 Å². The molecule has 0 aliphatic carbocycles. The van der Waals surface area contributed by atoms with Gasteiger partial charge in [-0.05, 0) is 6.07 Å². The number of ether oxygens (including phenoxy) is 1. The Balaban J connectivity index is 2.09. The molecule has 1 aliphatic heterocycles. The second-order valence-corrected chi connectivity index (χ2v) is 4.70. The van der Waals surface area contributed by atoms with Crippen LogP contribution in [0.5, 0.6) is 0 Å². The average molecular weight is 300 g/mol. The van der Waals surface area contributed by atoms with E-state index in [1.807, 2.05) is 0 Å². The first-order chi connectivity index (χ1) is 9.93. The molecule has 9 nitrogen and oxygen atoms in total. The maximum absolute atomic E-state index is 10.7. The van der Waals surface area contributed by atoms with Crippen molar-refractivity contribution in [3.05, 3.63) is 34.4 Å². The van der Waals surface area contributed by atoms with Gasteiger partial charge in [0, 0.05) is 17.8 Å². The summed E-state index contributed by atoms with van der Waals surface area (Å²) >= 11 is 0. The molecule has 1 aromatic rings. The summed E-state index contributed by atoms with van der Waals surface area (Å²) < 4.78 is 5.25. The molecule has 0 amide bonds. The van der Waals surface area contributed by atoms with Crippen LogP contribution < -0.4 is 5.32 Å². The molecule has 1 saturated heterocycles. The van der Waals surface area contributed by atoms with Crippen LogP contribution in [-0.2, 0) is 4.74 Å². The second-order valence-electron chi connectivity index (χ2n) is 4.70. The quantitative estimate of drug-likeness (QED) is 0.337. The highest BCUT2D eigenvalue weighted by Crippen LogP contribution is 2.26. The number of non-ortho nitro benzene ring substituents is 1. The molecular formula is C12H16N2O7. The highest BCUT2D eigenvalue weighted by Gasteiger charge is 2.45. The number of hydrogen-bond acceptors (Lipinski definition) is 8. The van der Waals surface area contributed by atoms with Gasteiger partial charge in [-0.15, -0.1) is 0 Å². The van der Waals surface area contributed by atoms with Crippen molar-refractivity contribution in [2.45, 2.75) is 30.6 Å². The van der Waals surface area contributed by atoms with E-state index in [-0.39, 0.29) is 5.69 Å². The Bertz CT molecular complexity index is 512. The van der Waals surface area contributed by atoms with E-state index in [9.17, 15) is 25.4 Å². The van der Waals surface area contributed by atoms with Gasteiger partial charge in [-0.2, -0.15) is 0 Å². The van der Waals surface area contributed by atoms with Crippen LogP contribution in [0.25, 0.3) is 0 Å². The minimum Gasteiger partial charge on any atom is -0.394 e. The molecule has 1 aromatic carbocycles. The number of nitrogens with one attached hydrogen (secondary N) is 1. The molecule has 0 unspecified atom stereocenters. The van der Waals surface area contributed by atoms with Crippen molar-refractivity contribution in [2.24, 2.45) is 0 Å². The SMILES string of the molecule is O=[N+]([O-])c1cccc(N[C@@H]2O[C@H]([C@H](O)CO)[C@@H](O)[C@H]2O)c1. The Morgan fingerprint density at radius 2 is 2.10 bits per heavy atom. The Kier molecular flexibility index (Phi) is 4.70. The van der Waals surface area contributed by atoms with Gasteiger partial charge >= 0.3 is 0 Å². The van der Waals surface area contributed by atoms with Gasteiger partial charge in [0.15, 0.2) is 6.23 Å². The normalized spacial score (nSPS) is 30.1. The lowest BCUT2D eigenvalue weighted by molar-refractivity contribution is -0.384. The smallest absolute Gasteiger partial charge is 0.271 e. The Labute approximate surface area is 119 Å². The lowest BCUT2D eigenvalue weighted by atomic mass is 10.1. The van der Waals surface area contributed by atoms with Gasteiger partial charge in [-0.3, -0.25) is 10.1 Å². The van der Waals surface area contributed by atoms with Crippen molar-refractivity contribution in [1.29, 1.82) is 0 Å². The van der Waals surface area contributed by atoms with Crippen LogP contribution in [0.4, 0.5) is 11.4 Å². The van der Waals surface area contributed by atoms with Crippen LogP contribution in [0.1, 0.15) is 0 Å². The number of nitrogens with zero attached hydrogens (tertiary/aromatic N) is 1. The van der Waals surface area contributed by atoms with Crippen LogP contribution in [0.2, 0.25) is 0 Å². The van der Waals surface area contributed by atoms with Crippen LogP contribution in [0, 0.1) is 10.1 Å². The standard InChI is InChI=1S/C12H16N2O7/c15-5-8(16)11-9(17)10(18)12(21-11)13-6-2-1-3-7(4-6)14(19)20/h1-4,8-13,15-18H,5H2/t8-,9+,10-,11-,12-/m1/s1. The van der Waals surface area contributed by atoms with Crippen LogP contribution in [-0.4, -0.2) is 62.6 Å². The first kappa shape index (κ1) is 15.6. The summed E-state index contributed by atoms with van der Waals surface area (Å²) in [5.41, 5.74) is 0.180. The van der Waals surface area contributed by atoms with E-state index >= 15 is 0 Å². The monoisotopic (exact) mass is 300 g/mol. The lowest BCUT2D eigenvalue weighted by Crippen LogP contribution is -2.40. The van der Waals surface area contributed by atoms with E-state index in [1.165, 1.54) is 24.3 Å². The molecule has 21 heavy (non-hydrogen) atoms. The first-order valence-electron chi connectivity index (χ1n) is 6.25. The van der Waals surface area contributed by atoms with Gasteiger partial charge in [0.25, 0.3) is 5.69 Å². The van der Waals surface area contributed by atoms with Crippen molar-refractivity contribution in [3.63, 3.8) is 0 Å². The van der Waals surface area contributed by atoms with E-state index in [1.54, 1.807) is 0 Å². The van der Waals surface area contributed by atoms with Crippen LogP contribution in [0.3, 0.4) is 0 Å². The fourth-order valence-electron chi connectivity index (χ4n) is 2.12. The van der Waals surface area contributed by atoms with Gasteiger partial charge in [0.05, 0.1) is 11.5 Å². The first-order valence-corrected chi connectivity index (χ1v) is 6.25. The van der Waals surface area contributed by atoms with Crippen LogP contribution in [0.15, 0.2) is 24.3 Å². The number of rotatable bonds is 5. The lowest BCUT2D eigenvalue weighted by Gasteiger charge is -2.19. The van der Waals surface area contributed by atoms with Crippen molar-refractivity contribution >= 4 is 11.4 Å². The van der Waals surface area contributed by atoms with E-state index in [4.69, 9.17) is 9.84 Å². The Morgan fingerprint density at radius 3 is 2.71 bits per heavy atom. The second kappa shape index (κ2) is 6.33. The summed E-state index contributed by atoms with van der Waals surface area (Å²) in [5, 5.41) is 51.3. The summed E-state index contributed by atoms with van der Waals surface area (Å²) in [6.45, 7) is -0.627. The molecule has 5 atom stereocenters. The summed E-state index contributed by atoms with van der Waals surface area (Å²) in [4.78, 5) is 10.1. The zero-order valence-electron chi connectivity index (χ0n) is 10.9. The predicted octanol–water partition coefficient (Wildman–Crippen LogP) is -1.19. The Hall–Kier alpha value is -1.78. The predicted molar refractivity (Wildman–Crippen MR) is 70.5 cm³/mol. The molecule has 2 rings (SSSR count). The minimum atomic E-state index is -1.39. The van der Waals surface area contributed by atoms with Crippen molar-refractivity contribution < 1.29 is 30.1 Å². The molecule has 0 aromatic heterocycles. The third-order valence-corrected chi connectivity index (χ3v) is 3.23. The molecule has 0 radical (unpaired) electrons. The fourth-order valence-corrected chi connectivity index (χ4v) is 2.12. The van der Waals surface area contributed by atoms with Crippen LogP contribution >= 0.6 is 0 Å². The summed E-state index contributed by atoms with van der Waals surface area (Å²) in [6.07, 6.45) is -6.29. The Morgan fingerprint density at radius 1 is 1.38 bits per heavy atom. The highest BCUT2D eigenvalue weighted by atomic mass is 16.6. The van der Waals surface area contributed by atoms with Gasteiger partial charge < -0.3 is 30.5 Å². The zero-order valence-corrected chi connectivity index (χ0v) is 10.9. The number of benzene rings is 1. The average Bonchev–Trinajstić information content (AvgIpc) is 2.75. The molecule has 1 heterocycles. The number of hydrogen-bond donors (Lipinski definition) is 5. The summed E-state index contributed by atoms with van der Waals surface area (Å²) in [5.74, 6) is 0. The van der Waals surface area contributed by atoms with Gasteiger partial charge in [-0.25, -0.2) is 0 Å². The van der Waals surface area contributed by atoms with E-state index in [2.05, 4.69) is 5.32 Å². The number of aliphatic hydroxyl groups excluding tert-OH is 4. The number of nitro groups is 1. The van der Waals surface area contributed by atoms with E-state index in [0.717, 1.165) is 0 Å².